The first-order chi connectivity index (χ1) is 9.70. The number of aromatic nitrogens is 2. The molecule has 0 fully saturated rings. The summed E-state index contributed by atoms with van der Waals surface area (Å²) in [5.41, 5.74) is 5.97. The predicted octanol–water partition coefficient (Wildman–Crippen LogP) is 3.34. The maximum atomic E-state index is 13.2. The molecule has 0 bridgehead atoms. The van der Waals surface area contributed by atoms with E-state index in [4.69, 9.17) is 14.7 Å². The second kappa shape index (κ2) is 5.38. The Morgan fingerprint density at radius 1 is 1.30 bits per heavy atom. The molecule has 2 N–H and O–H groups in total. The molecule has 0 aliphatic rings. The van der Waals surface area contributed by atoms with Crippen LogP contribution in [-0.2, 0) is 5.75 Å². The highest BCUT2D eigenvalue weighted by atomic mass is 32.2. The smallest absolute Gasteiger partial charge is 0.293 e. The molecule has 2 heterocycles. The standard InChI is InChI=1S/C13H10FN3O2S/c14-8-4-9(15)6-10(5-8)20-7-12-16-13(19-17-12)11-2-1-3-18-11/h1-6H,7,15H2. The number of hydrogen-bond donors (Lipinski definition) is 1. The molecule has 0 spiro atoms. The summed E-state index contributed by atoms with van der Waals surface area (Å²) < 4.78 is 23.4. The molecule has 0 aliphatic carbocycles. The molecule has 5 nitrogen and oxygen atoms in total. The van der Waals surface area contributed by atoms with Crippen molar-refractivity contribution in [1.82, 2.24) is 10.1 Å². The third kappa shape index (κ3) is 2.83. The van der Waals surface area contributed by atoms with Crippen molar-refractivity contribution in [3.8, 4) is 11.7 Å². The summed E-state index contributed by atoms with van der Waals surface area (Å²) in [5, 5.41) is 3.84. The van der Waals surface area contributed by atoms with E-state index in [1.807, 2.05) is 0 Å². The number of nitrogens with two attached hydrogens (primary N) is 1. The molecule has 0 saturated carbocycles. The first kappa shape index (κ1) is 12.7. The van der Waals surface area contributed by atoms with Gasteiger partial charge in [-0.2, -0.15) is 4.98 Å². The number of benzene rings is 1. The summed E-state index contributed by atoms with van der Waals surface area (Å²) in [7, 11) is 0. The van der Waals surface area contributed by atoms with E-state index in [-0.39, 0.29) is 5.82 Å². The summed E-state index contributed by atoms with van der Waals surface area (Å²) in [6, 6.07) is 7.85. The summed E-state index contributed by atoms with van der Waals surface area (Å²) in [4.78, 5) is 4.91. The van der Waals surface area contributed by atoms with E-state index in [1.165, 1.54) is 30.2 Å². The van der Waals surface area contributed by atoms with Gasteiger partial charge < -0.3 is 14.7 Å². The van der Waals surface area contributed by atoms with Crippen LogP contribution in [0.4, 0.5) is 10.1 Å². The maximum Gasteiger partial charge on any atom is 0.293 e. The molecule has 0 saturated heterocycles. The van der Waals surface area contributed by atoms with Gasteiger partial charge in [0.2, 0.25) is 0 Å². The molecule has 2 aromatic heterocycles. The van der Waals surface area contributed by atoms with Gasteiger partial charge in [0.05, 0.1) is 12.0 Å². The molecule has 102 valence electrons. The Morgan fingerprint density at radius 2 is 2.20 bits per heavy atom. The van der Waals surface area contributed by atoms with Crippen molar-refractivity contribution in [3.05, 3.63) is 48.2 Å². The molecule has 3 aromatic rings. The van der Waals surface area contributed by atoms with E-state index in [0.717, 1.165) is 0 Å². The minimum Gasteiger partial charge on any atom is -0.459 e. The molecule has 7 heteroatoms. The topological polar surface area (TPSA) is 78.1 Å². The third-order valence-electron chi connectivity index (χ3n) is 2.46. The number of thioether (sulfide) groups is 1. The molecular weight excluding hydrogens is 281 g/mol. The first-order valence-electron chi connectivity index (χ1n) is 5.76. The van der Waals surface area contributed by atoms with Crippen molar-refractivity contribution in [1.29, 1.82) is 0 Å². The zero-order chi connectivity index (χ0) is 13.9. The van der Waals surface area contributed by atoms with Gasteiger partial charge in [-0.1, -0.05) is 5.16 Å². The van der Waals surface area contributed by atoms with E-state index in [1.54, 1.807) is 18.2 Å². The molecule has 0 amide bonds. The third-order valence-corrected chi connectivity index (χ3v) is 3.43. The van der Waals surface area contributed by atoms with E-state index in [0.29, 0.717) is 33.8 Å². The molecular formula is C13H10FN3O2S. The molecule has 0 unspecified atom stereocenters. The van der Waals surface area contributed by atoms with Crippen molar-refractivity contribution in [3.63, 3.8) is 0 Å². The van der Waals surface area contributed by atoms with E-state index >= 15 is 0 Å². The summed E-state index contributed by atoms with van der Waals surface area (Å²) in [5.74, 6) is 1.43. The fourth-order valence-corrected chi connectivity index (χ4v) is 2.46. The van der Waals surface area contributed by atoms with Crippen LogP contribution in [0.5, 0.6) is 0 Å². The largest absolute Gasteiger partial charge is 0.459 e. The van der Waals surface area contributed by atoms with Gasteiger partial charge in [0.1, 0.15) is 5.82 Å². The number of halogens is 1. The Balaban J connectivity index is 1.69. The van der Waals surface area contributed by atoms with E-state index in [2.05, 4.69) is 10.1 Å². The lowest BCUT2D eigenvalue weighted by molar-refractivity contribution is 0.411. The van der Waals surface area contributed by atoms with Crippen molar-refractivity contribution in [2.45, 2.75) is 10.6 Å². The molecule has 0 radical (unpaired) electrons. The Bertz CT molecular complexity index is 692. The molecule has 1 aromatic carbocycles. The zero-order valence-electron chi connectivity index (χ0n) is 10.2. The van der Waals surface area contributed by atoms with Gasteiger partial charge in [0.25, 0.3) is 5.89 Å². The molecule has 0 aliphatic heterocycles. The second-order valence-corrected chi connectivity index (χ2v) is 5.05. The first-order valence-corrected chi connectivity index (χ1v) is 6.74. The number of anilines is 1. The Morgan fingerprint density at radius 3 is 2.95 bits per heavy atom. The number of nitrogens with zero attached hydrogens (tertiary/aromatic N) is 2. The lowest BCUT2D eigenvalue weighted by Crippen LogP contribution is -1.89. The van der Waals surface area contributed by atoms with Gasteiger partial charge in [-0.3, -0.25) is 0 Å². The van der Waals surface area contributed by atoms with Crippen molar-refractivity contribution in [2.75, 3.05) is 5.73 Å². The highest BCUT2D eigenvalue weighted by Crippen LogP contribution is 2.26. The Hall–Kier alpha value is -2.28. The second-order valence-electron chi connectivity index (χ2n) is 4.00. The van der Waals surface area contributed by atoms with Crippen molar-refractivity contribution < 1.29 is 13.3 Å². The average molecular weight is 291 g/mol. The fraction of sp³-hybridized carbons (Fsp3) is 0.0769. The Kier molecular flexibility index (Phi) is 3.42. The van der Waals surface area contributed by atoms with Crippen LogP contribution in [0.25, 0.3) is 11.7 Å². The number of rotatable bonds is 4. The minimum atomic E-state index is -0.364. The minimum absolute atomic E-state index is 0.323. The van der Waals surface area contributed by atoms with Crippen molar-refractivity contribution >= 4 is 17.4 Å². The van der Waals surface area contributed by atoms with Crippen LogP contribution < -0.4 is 5.73 Å². The SMILES string of the molecule is Nc1cc(F)cc(SCc2noc(-c3ccco3)n2)c1. The highest BCUT2D eigenvalue weighted by Gasteiger charge is 2.11. The van der Waals surface area contributed by atoms with Crippen molar-refractivity contribution in [2.24, 2.45) is 0 Å². The average Bonchev–Trinajstić information content (AvgIpc) is 3.06. The van der Waals surface area contributed by atoms with Gasteiger partial charge in [-0.15, -0.1) is 11.8 Å². The normalized spacial score (nSPS) is 10.8. The summed E-state index contributed by atoms with van der Waals surface area (Å²) in [6.45, 7) is 0. The zero-order valence-corrected chi connectivity index (χ0v) is 11.1. The molecule has 3 rings (SSSR count). The van der Waals surface area contributed by atoms with Gasteiger partial charge in [0.15, 0.2) is 11.6 Å². The van der Waals surface area contributed by atoms with Gasteiger partial charge in [-0.25, -0.2) is 4.39 Å². The maximum absolute atomic E-state index is 13.2. The lowest BCUT2D eigenvalue weighted by atomic mass is 10.3. The molecule has 20 heavy (non-hydrogen) atoms. The van der Waals surface area contributed by atoms with Gasteiger partial charge in [-0.05, 0) is 30.3 Å². The van der Waals surface area contributed by atoms with Crippen LogP contribution in [0.3, 0.4) is 0 Å². The summed E-state index contributed by atoms with van der Waals surface area (Å²) in [6.07, 6.45) is 1.53. The van der Waals surface area contributed by atoms with E-state index < -0.39 is 0 Å². The van der Waals surface area contributed by atoms with Crippen LogP contribution in [0.15, 0.2) is 50.4 Å². The quantitative estimate of drug-likeness (QED) is 0.586. The van der Waals surface area contributed by atoms with Crippen LogP contribution in [0.1, 0.15) is 5.82 Å². The monoisotopic (exact) mass is 291 g/mol. The number of hydrogen-bond acceptors (Lipinski definition) is 6. The van der Waals surface area contributed by atoms with Crippen LogP contribution >= 0.6 is 11.8 Å². The number of nitrogen functional groups attached to an aromatic ring is 1. The fourth-order valence-electron chi connectivity index (χ4n) is 1.63. The summed E-state index contributed by atoms with van der Waals surface area (Å²) >= 11 is 1.38. The van der Waals surface area contributed by atoms with Gasteiger partial charge >= 0.3 is 0 Å². The van der Waals surface area contributed by atoms with E-state index in [9.17, 15) is 4.39 Å². The Labute approximate surface area is 118 Å². The number of furan rings is 1. The van der Waals surface area contributed by atoms with Gasteiger partial charge in [0, 0.05) is 10.6 Å². The highest BCUT2D eigenvalue weighted by molar-refractivity contribution is 7.98. The lowest BCUT2D eigenvalue weighted by Gasteiger charge is -2.00. The van der Waals surface area contributed by atoms with Crippen LogP contribution in [0, 0.1) is 5.82 Å². The molecule has 0 atom stereocenters. The predicted molar refractivity (Wildman–Crippen MR) is 72.4 cm³/mol. The van der Waals surface area contributed by atoms with Crippen LogP contribution in [-0.4, -0.2) is 10.1 Å². The van der Waals surface area contributed by atoms with Crippen LogP contribution in [0.2, 0.25) is 0 Å².